The van der Waals surface area contributed by atoms with E-state index in [0.29, 0.717) is 12.4 Å². The largest absolute Gasteiger partial charge is 0.381 e. The molecular formula is C7H14N4O. The van der Waals surface area contributed by atoms with Gasteiger partial charge in [0.2, 0.25) is 0 Å². The Morgan fingerprint density at radius 1 is 1.75 bits per heavy atom. The molecule has 68 valence electrons. The van der Waals surface area contributed by atoms with E-state index in [-0.39, 0.29) is 6.10 Å². The molecule has 1 aromatic heterocycles. The van der Waals surface area contributed by atoms with Gasteiger partial charge in [-0.1, -0.05) is 12.1 Å². The van der Waals surface area contributed by atoms with Gasteiger partial charge < -0.3 is 10.5 Å². The van der Waals surface area contributed by atoms with Gasteiger partial charge in [0.05, 0.1) is 18.8 Å². The second kappa shape index (κ2) is 4.06. The van der Waals surface area contributed by atoms with E-state index in [1.807, 2.05) is 0 Å². The van der Waals surface area contributed by atoms with Crippen LogP contribution in [0.2, 0.25) is 0 Å². The lowest BCUT2D eigenvalue weighted by molar-refractivity contribution is 0.0810. The van der Waals surface area contributed by atoms with E-state index in [2.05, 4.69) is 17.2 Å². The summed E-state index contributed by atoms with van der Waals surface area (Å²) in [4.78, 5) is 0. The first kappa shape index (κ1) is 8.99. The van der Waals surface area contributed by atoms with Crippen molar-refractivity contribution in [1.29, 1.82) is 0 Å². The fourth-order valence-corrected chi connectivity index (χ4v) is 0.982. The highest BCUT2D eigenvalue weighted by atomic mass is 16.5. The SMILES string of the molecule is CCC(Cn1cc(N)nn1)OC. The van der Waals surface area contributed by atoms with Crippen molar-refractivity contribution in [2.24, 2.45) is 0 Å². The van der Waals surface area contributed by atoms with Crippen molar-refractivity contribution in [2.75, 3.05) is 12.8 Å². The lowest BCUT2D eigenvalue weighted by atomic mass is 10.3. The Morgan fingerprint density at radius 2 is 2.50 bits per heavy atom. The molecule has 5 heteroatoms. The van der Waals surface area contributed by atoms with Gasteiger partial charge in [0, 0.05) is 7.11 Å². The lowest BCUT2D eigenvalue weighted by Crippen LogP contribution is -2.17. The number of aromatic nitrogens is 3. The molecule has 1 rings (SSSR count). The topological polar surface area (TPSA) is 66.0 Å². The molecule has 0 radical (unpaired) electrons. The second-order valence-corrected chi connectivity index (χ2v) is 2.63. The number of methoxy groups -OCH3 is 1. The monoisotopic (exact) mass is 170 g/mol. The molecule has 5 nitrogen and oxygen atoms in total. The van der Waals surface area contributed by atoms with Crippen molar-refractivity contribution < 1.29 is 4.74 Å². The first-order valence-corrected chi connectivity index (χ1v) is 3.94. The smallest absolute Gasteiger partial charge is 0.165 e. The van der Waals surface area contributed by atoms with Gasteiger partial charge in [-0.25, -0.2) is 4.68 Å². The summed E-state index contributed by atoms with van der Waals surface area (Å²) in [6.45, 7) is 2.77. The predicted octanol–water partition coefficient (Wildman–Crippen LogP) is 0.285. The average molecular weight is 170 g/mol. The van der Waals surface area contributed by atoms with Crippen molar-refractivity contribution in [3.8, 4) is 0 Å². The molecule has 0 spiro atoms. The first-order valence-electron chi connectivity index (χ1n) is 3.94. The Morgan fingerprint density at radius 3 is 2.92 bits per heavy atom. The minimum atomic E-state index is 0.186. The third-order valence-electron chi connectivity index (χ3n) is 1.74. The number of nitrogen functional groups attached to an aromatic ring is 1. The van der Waals surface area contributed by atoms with E-state index >= 15 is 0 Å². The van der Waals surface area contributed by atoms with E-state index < -0.39 is 0 Å². The molecule has 1 aromatic rings. The van der Waals surface area contributed by atoms with Crippen LogP contribution in [0.1, 0.15) is 13.3 Å². The molecule has 2 N–H and O–H groups in total. The molecule has 0 aliphatic carbocycles. The lowest BCUT2D eigenvalue weighted by Gasteiger charge is -2.11. The summed E-state index contributed by atoms with van der Waals surface area (Å²) in [6, 6.07) is 0. The maximum atomic E-state index is 5.40. The summed E-state index contributed by atoms with van der Waals surface area (Å²) in [5.41, 5.74) is 5.40. The van der Waals surface area contributed by atoms with E-state index in [1.54, 1.807) is 18.0 Å². The molecule has 0 amide bonds. The summed E-state index contributed by atoms with van der Waals surface area (Å²) < 4.78 is 6.87. The standard InChI is InChI=1S/C7H14N4O/c1-3-6(12-2)4-11-5-7(8)9-10-11/h5-6H,3-4,8H2,1-2H3. The van der Waals surface area contributed by atoms with Gasteiger partial charge >= 0.3 is 0 Å². The highest BCUT2D eigenvalue weighted by Crippen LogP contribution is 2.01. The van der Waals surface area contributed by atoms with Crippen LogP contribution < -0.4 is 5.73 Å². The molecule has 0 aromatic carbocycles. The van der Waals surface area contributed by atoms with Gasteiger partial charge in [-0.15, -0.1) is 5.10 Å². The molecule has 0 saturated carbocycles. The van der Waals surface area contributed by atoms with E-state index in [0.717, 1.165) is 6.42 Å². The van der Waals surface area contributed by atoms with E-state index in [9.17, 15) is 0 Å². The Balaban J connectivity index is 2.50. The van der Waals surface area contributed by atoms with Gasteiger partial charge in [-0.3, -0.25) is 0 Å². The number of anilines is 1. The van der Waals surface area contributed by atoms with Gasteiger partial charge in [-0.2, -0.15) is 0 Å². The number of nitrogens with zero attached hydrogens (tertiary/aromatic N) is 3. The van der Waals surface area contributed by atoms with Crippen LogP contribution in [0.15, 0.2) is 6.20 Å². The number of hydrogen-bond donors (Lipinski definition) is 1. The fraction of sp³-hybridized carbons (Fsp3) is 0.714. The van der Waals surface area contributed by atoms with E-state index in [1.165, 1.54) is 0 Å². The van der Waals surface area contributed by atoms with Gasteiger partial charge in [0.25, 0.3) is 0 Å². The molecule has 0 saturated heterocycles. The summed E-state index contributed by atoms with van der Waals surface area (Å²) in [5.74, 6) is 0.445. The quantitative estimate of drug-likeness (QED) is 0.705. The van der Waals surface area contributed by atoms with Crippen LogP contribution in [0.5, 0.6) is 0 Å². The number of nitrogens with two attached hydrogens (primary N) is 1. The summed E-state index contributed by atoms with van der Waals surface area (Å²) >= 11 is 0. The number of hydrogen-bond acceptors (Lipinski definition) is 4. The summed E-state index contributed by atoms with van der Waals surface area (Å²) in [5, 5.41) is 7.49. The van der Waals surface area contributed by atoms with E-state index in [4.69, 9.17) is 10.5 Å². The van der Waals surface area contributed by atoms with Gasteiger partial charge in [-0.05, 0) is 6.42 Å². The minimum absolute atomic E-state index is 0.186. The predicted molar refractivity (Wildman–Crippen MR) is 45.5 cm³/mol. The maximum Gasteiger partial charge on any atom is 0.165 e. The molecule has 1 heterocycles. The van der Waals surface area contributed by atoms with Crippen LogP contribution in [-0.2, 0) is 11.3 Å². The zero-order valence-corrected chi connectivity index (χ0v) is 7.40. The Kier molecular flexibility index (Phi) is 3.04. The van der Waals surface area contributed by atoms with Crippen LogP contribution >= 0.6 is 0 Å². The third kappa shape index (κ3) is 2.20. The zero-order chi connectivity index (χ0) is 8.97. The van der Waals surface area contributed by atoms with Crippen LogP contribution in [-0.4, -0.2) is 28.2 Å². The molecule has 0 aliphatic heterocycles. The zero-order valence-electron chi connectivity index (χ0n) is 7.40. The normalized spacial score (nSPS) is 13.2. The average Bonchev–Trinajstić information content (AvgIpc) is 2.47. The Hall–Kier alpha value is -1.10. The maximum absolute atomic E-state index is 5.40. The van der Waals surface area contributed by atoms with Crippen LogP contribution in [0.25, 0.3) is 0 Å². The second-order valence-electron chi connectivity index (χ2n) is 2.63. The van der Waals surface area contributed by atoms with Crippen LogP contribution in [0.3, 0.4) is 0 Å². The minimum Gasteiger partial charge on any atom is -0.381 e. The molecule has 0 aliphatic rings. The highest BCUT2D eigenvalue weighted by molar-refractivity contribution is 5.19. The van der Waals surface area contributed by atoms with Gasteiger partial charge in [0.15, 0.2) is 5.82 Å². The number of ether oxygens (including phenoxy) is 1. The molecule has 0 fully saturated rings. The first-order chi connectivity index (χ1) is 5.76. The van der Waals surface area contributed by atoms with Crippen molar-refractivity contribution in [1.82, 2.24) is 15.0 Å². The molecule has 0 bridgehead atoms. The number of rotatable bonds is 4. The molecule has 1 unspecified atom stereocenters. The highest BCUT2D eigenvalue weighted by Gasteiger charge is 2.05. The van der Waals surface area contributed by atoms with Crippen molar-refractivity contribution in [3.63, 3.8) is 0 Å². The van der Waals surface area contributed by atoms with Crippen molar-refractivity contribution in [2.45, 2.75) is 26.0 Å². The van der Waals surface area contributed by atoms with Crippen molar-refractivity contribution >= 4 is 5.82 Å². The molecule has 1 atom stereocenters. The fourth-order valence-electron chi connectivity index (χ4n) is 0.982. The summed E-state index contributed by atoms with van der Waals surface area (Å²) in [7, 11) is 1.69. The van der Waals surface area contributed by atoms with Gasteiger partial charge in [0.1, 0.15) is 0 Å². The summed E-state index contributed by atoms with van der Waals surface area (Å²) in [6.07, 6.45) is 2.84. The van der Waals surface area contributed by atoms with Crippen molar-refractivity contribution in [3.05, 3.63) is 6.20 Å². The Labute approximate surface area is 71.5 Å². The third-order valence-corrected chi connectivity index (χ3v) is 1.74. The van der Waals surface area contributed by atoms with Crippen LogP contribution in [0, 0.1) is 0 Å². The molecule has 12 heavy (non-hydrogen) atoms. The Bertz CT molecular complexity index is 231. The van der Waals surface area contributed by atoms with Crippen LogP contribution in [0.4, 0.5) is 5.82 Å². The molecular weight excluding hydrogens is 156 g/mol.